The minimum atomic E-state index is -5.01. The molecule has 0 radical (unpaired) electrons. The van der Waals surface area contributed by atoms with Gasteiger partial charge in [0.1, 0.15) is 19.3 Å². The van der Waals surface area contributed by atoms with Crippen molar-refractivity contribution >= 4 is 39.5 Å². The Morgan fingerprint density at radius 1 is 0.306 bits per heavy atom. The van der Waals surface area contributed by atoms with Crippen molar-refractivity contribution in [2.45, 2.75) is 264 Å². The summed E-state index contributed by atoms with van der Waals surface area (Å²) >= 11 is 0. The molecule has 0 aliphatic heterocycles. The van der Waals surface area contributed by atoms with E-state index in [9.17, 15) is 43.2 Å². The molecule has 0 aromatic heterocycles. The van der Waals surface area contributed by atoms with Crippen LogP contribution in [0.2, 0.25) is 0 Å². The van der Waals surface area contributed by atoms with Gasteiger partial charge >= 0.3 is 39.5 Å². The lowest BCUT2D eigenvalue weighted by Gasteiger charge is -2.21. The third kappa shape index (κ3) is 68.9. The van der Waals surface area contributed by atoms with Gasteiger partial charge in [-0.25, -0.2) is 9.13 Å². The Hall–Kier alpha value is -5.58. The number of unbranched alkanes of at least 4 members (excludes halogenated alkanes) is 13. The van der Waals surface area contributed by atoms with Gasteiger partial charge in [0.25, 0.3) is 0 Å². The standard InChI is InChI=1S/C79H126O17P2/c1-5-9-13-17-21-25-29-32-34-35-36-37-39-42-45-48-52-56-60-64-77(82)89-69-74(95-78(83)65-61-57-53-49-43-28-24-20-16-12-8-4)71-93-97(85,86)91-67-73(80)68-92-98(87,88)94-72-75(96-79(84)66-62-58-54-50-46-40-31-27-23-19-15-11-7-3)70-90-76(81)63-59-55-51-47-44-41-38-33-30-26-22-18-14-10-6-2/h9-10,13-15,19-22,24-27,31-34,36-38,42,44-45,47,52,55-56,59,73-75,80H,5-8,11-12,16-18,23,28-30,35,39-41,43,46,48-51,53-54,57-58,60-72H2,1-4H3,(H,85,86)(H,87,88)/b13-9-,14-10-,19-15-,24-20-,25-21-,26-22-,31-27-,34-32-,37-36-,38-33-,45-42-,47-44-,56-52-,59-55-. The number of aliphatic hydroxyl groups is 1. The Morgan fingerprint density at radius 2 is 0.612 bits per heavy atom. The Morgan fingerprint density at radius 3 is 1.00 bits per heavy atom. The first-order chi connectivity index (χ1) is 47.7. The number of carbonyl (C=O) groups excluding carboxylic acids is 4. The van der Waals surface area contributed by atoms with E-state index in [1.54, 1.807) is 6.08 Å². The molecule has 0 aromatic carbocycles. The molecule has 0 aliphatic carbocycles. The highest BCUT2D eigenvalue weighted by molar-refractivity contribution is 7.47. The Balaban J connectivity index is 5.47. The van der Waals surface area contributed by atoms with Gasteiger partial charge in [0.05, 0.1) is 32.8 Å². The van der Waals surface area contributed by atoms with Crippen molar-refractivity contribution in [2.24, 2.45) is 0 Å². The van der Waals surface area contributed by atoms with Crippen LogP contribution >= 0.6 is 15.6 Å². The normalized spacial score (nSPS) is 15.0. The summed E-state index contributed by atoms with van der Waals surface area (Å²) in [6.07, 6.45) is 81.3. The molecule has 0 amide bonds. The average molecular weight is 1410 g/mol. The first kappa shape index (κ1) is 92.4. The highest BCUT2D eigenvalue weighted by Crippen LogP contribution is 2.45. The van der Waals surface area contributed by atoms with Crippen LogP contribution in [0.3, 0.4) is 0 Å². The summed E-state index contributed by atoms with van der Waals surface area (Å²) in [4.78, 5) is 72.6. The maximum atomic E-state index is 13.0. The van der Waals surface area contributed by atoms with Crippen molar-refractivity contribution in [1.82, 2.24) is 0 Å². The van der Waals surface area contributed by atoms with E-state index in [4.69, 9.17) is 37.0 Å². The molecule has 17 nitrogen and oxygen atoms in total. The molecule has 554 valence electrons. The monoisotopic (exact) mass is 1410 g/mol. The number of esters is 4. The van der Waals surface area contributed by atoms with Crippen molar-refractivity contribution < 1.29 is 80.2 Å². The van der Waals surface area contributed by atoms with Gasteiger partial charge in [0.15, 0.2) is 12.2 Å². The number of allylic oxidation sites excluding steroid dienone is 27. The van der Waals surface area contributed by atoms with Crippen LogP contribution in [0.5, 0.6) is 0 Å². The zero-order valence-electron chi connectivity index (χ0n) is 60.1. The van der Waals surface area contributed by atoms with E-state index >= 15 is 0 Å². The van der Waals surface area contributed by atoms with Crippen molar-refractivity contribution in [3.05, 3.63) is 170 Å². The van der Waals surface area contributed by atoms with Crippen molar-refractivity contribution in [2.75, 3.05) is 39.6 Å². The van der Waals surface area contributed by atoms with Crippen LogP contribution in [0.4, 0.5) is 0 Å². The lowest BCUT2D eigenvalue weighted by Crippen LogP contribution is -2.30. The molecular formula is C79H126O17P2. The van der Waals surface area contributed by atoms with E-state index in [1.807, 2.05) is 36.5 Å². The summed E-state index contributed by atoms with van der Waals surface area (Å²) in [5.74, 6) is -2.47. The van der Waals surface area contributed by atoms with Crippen LogP contribution < -0.4 is 0 Å². The molecule has 19 heteroatoms. The molecule has 0 fully saturated rings. The molecule has 0 rings (SSSR count). The van der Waals surface area contributed by atoms with Crippen molar-refractivity contribution in [3.8, 4) is 0 Å². The Kier molecular flexibility index (Phi) is 65.9. The van der Waals surface area contributed by atoms with E-state index in [2.05, 4.69) is 155 Å². The lowest BCUT2D eigenvalue weighted by molar-refractivity contribution is -0.161. The summed E-state index contributed by atoms with van der Waals surface area (Å²) < 4.78 is 68.1. The second-order valence-corrected chi connectivity index (χ2v) is 26.3. The van der Waals surface area contributed by atoms with E-state index < -0.39 is 97.5 Å². The SMILES string of the molecule is CC/C=C\C/C=C\C/C=C\C/C=C\C/C=C\C/C=C\CCC(=O)OCC(COP(=O)(O)OCC(O)COP(=O)(O)OCC(COC(=O)C/C=C\C/C=C\C/C=C\C/C=C\C/C=C\CC)OC(=O)CCCCCCC/C=C\C/C=C\CCC)OC(=O)CCCCCCC/C=C\CCCC. The molecule has 0 heterocycles. The van der Waals surface area contributed by atoms with E-state index in [-0.39, 0.29) is 25.7 Å². The predicted octanol–water partition coefficient (Wildman–Crippen LogP) is 20.7. The number of ether oxygens (including phenoxy) is 4. The fourth-order valence-corrected chi connectivity index (χ4v) is 10.3. The van der Waals surface area contributed by atoms with Crippen LogP contribution in [-0.4, -0.2) is 96.7 Å². The van der Waals surface area contributed by atoms with Gasteiger partial charge in [-0.3, -0.25) is 37.3 Å². The summed E-state index contributed by atoms with van der Waals surface area (Å²) in [6, 6.07) is 0. The zero-order chi connectivity index (χ0) is 71.8. The molecule has 0 saturated heterocycles. The Bertz CT molecular complexity index is 2530. The third-order valence-corrected chi connectivity index (χ3v) is 16.1. The van der Waals surface area contributed by atoms with Gasteiger partial charge in [0.2, 0.25) is 0 Å². The maximum Gasteiger partial charge on any atom is 0.472 e. The number of aliphatic hydroxyl groups excluding tert-OH is 1. The summed E-state index contributed by atoms with van der Waals surface area (Å²) in [5, 5.41) is 10.6. The Labute approximate surface area is 591 Å². The van der Waals surface area contributed by atoms with E-state index in [0.717, 1.165) is 154 Å². The smallest absolute Gasteiger partial charge is 0.462 e. The average Bonchev–Trinajstić information content (AvgIpc) is 1.00. The number of phosphoric ester groups is 2. The second kappa shape index (κ2) is 69.9. The highest BCUT2D eigenvalue weighted by atomic mass is 31.2. The van der Waals surface area contributed by atoms with Crippen molar-refractivity contribution in [1.29, 1.82) is 0 Å². The van der Waals surface area contributed by atoms with Gasteiger partial charge in [-0.15, -0.1) is 0 Å². The minimum Gasteiger partial charge on any atom is -0.462 e. The predicted molar refractivity (Wildman–Crippen MR) is 399 cm³/mol. The summed E-state index contributed by atoms with van der Waals surface area (Å²) in [6.45, 7) is 4.26. The summed E-state index contributed by atoms with van der Waals surface area (Å²) in [5.41, 5.74) is 0. The number of phosphoric acid groups is 2. The molecule has 3 N–H and O–H groups in total. The molecule has 0 spiro atoms. The number of hydrogen-bond acceptors (Lipinski definition) is 15. The summed E-state index contributed by atoms with van der Waals surface area (Å²) in [7, 11) is -10.0. The van der Waals surface area contributed by atoms with Crippen LogP contribution in [0.15, 0.2) is 170 Å². The molecule has 5 unspecified atom stereocenters. The quantitative estimate of drug-likeness (QED) is 0.0169. The van der Waals surface area contributed by atoms with Crippen molar-refractivity contribution in [3.63, 3.8) is 0 Å². The maximum absolute atomic E-state index is 13.0. The molecule has 0 aliphatic rings. The number of hydrogen-bond donors (Lipinski definition) is 3. The van der Waals surface area contributed by atoms with Gasteiger partial charge in [-0.05, 0) is 135 Å². The molecule has 98 heavy (non-hydrogen) atoms. The molecule has 0 bridgehead atoms. The number of rotatable bonds is 66. The second-order valence-electron chi connectivity index (χ2n) is 23.4. The highest BCUT2D eigenvalue weighted by Gasteiger charge is 2.30. The lowest BCUT2D eigenvalue weighted by atomic mass is 10.1. The minimum absolute atomic E-state index is 0.0270. The third-order valence-electron chi connectivity index (χ3n) is 14.2. The van der Waals surface area contributed by atoms with Gasteiger partial charge in [0, 0.05) is 19.3 Å². The molecule has 0 saturated carbocycles. The van der Waals surface area contributed by atoms with Gasteiger partial charge in [-0.1, -0.05) is 256 Å². The van der Waals surface area contributed by atoms with Crippen LogP contribution in [-0.2, 0) is 65.4 Å². The van der Waals surface area contributed by atoms with Crippen LogP contribution in [0.25, 0.3) is 0 Å². The van der Waals surface area contributed by atoms with E-state index in [0.29, 0.717) is 32.1 Å². The van der Waals surface area contributed by atoms with Crippen LogP contribution in [0.1, 0.15) is 246 Å². The zero-order valence-corrected chi connectivity index (χ0v) is 61.9. The topological polar surface area (TPSA) is 237 Å². The van der Waals surface area contributed by atoms with Gasteiger partial charge < -0.3 is 33.8 Å². The first-order valence-electron chi connectivity index (χ1n) is 36.4. The molecule has 5 atom stereocenters. The fraction of sp³-hybridized carbons (Fsp3) is 0.595. The fourth-order valence-electron chi connectivity index (χ4n) is 8.69. The number of carbonyl (C=O) groups is 4. The van der Waals surface area contributed by atoms with Gasteiger partial charge in [-0.2, -0.15) is 0 Å². The first-order valence-corrected chi connectivity index (χ1v) is 39.4. The molecule has 0 aromatic rings. The largest absolute Gasteiger partial charge is 0.472 e. The van der Waals surface area contributed by atoms with Crippen LogP contribution in [0, 0.1) is 0 Å². The molecular weight excluding hydrogens is 1280 g/mol. The van der Waals surface area contributed by atoms with E-state index in [1.165, 1.54) is 6.42 Å².